The third kappa shape index (κ3) is 2.17. The number of ether oxygens (including phenoxy) is 1. The number of hydrogen-bond donors (Lipinski definition) is 1. The highest BCUT2D eigenvalue weighted by Crippen LogP contribution is 2.41. The predicted molar refractivity (Wildman–Crippen MR) is 79.9 cm³/mol. The van der Waals surface area contributed by atoms with Gasteiger partial charge in [-0.15, -0.1) is 0 Å². The second-order valence-corrected chi connectivity index (χ2v) is 6.70. The van der Waals surface area contributed by atoms with E-state index in [1.807, 2.05) is 36.1 Å². The zero-order valence-electron chi connectivity index (χ0n) is 12.0. The number of benzene rings is 1. The summed E-state index contributed by atoms with van der Waals surface area (Å²) in [7, 11) is 0. The third-order valence-corrected chi connectivity index (χ3v) is 5.14. The lowest BCUT2D eigenvalue weighted by atomic mass is 9.93. The molecule has 3 heterocycles. The van der Waals surface area contributed by atoms with Gasteiger partial charge in [-0.05, 0) is 43.9 Å². The van der Waals surface area contributed by atoms with Crippen LogP contribution in [0.1, 0.15) is 37.9 Å². The van der Waals surface area contributed by atoms with Gasteiger partial charge in [0, 0.05) is 5.02 Å². The SMILES string of the molecule is CC1NC(c2cccc(Cl)c2)N(C2CC3CCC2O3)C1=O. The zero-order valence-corrected chi connectivity index (χ0v) is 12.7. The normalized spacial score (nSPS) is 38.5. The van der Waals surface area contributed by atoms with Crippen LogP contribution >= 0.6 is 11.6 Å². The van der Waals surface area contributed by atoms with E-state index in [9.17, 15) is 4.79 Å². The average molecular weight is 307 g/mol. The van der Waals surface area contributed by atoms with E-state index in [0.717, 1.165) is 24.8 Å². The van der Waals surface area contributed by atoms with Crippen LogP contribution in [0.15, 0.2) is 24.3 Å². The molecular weight excluding hydrogens is 288 g/mol. The van der Waals surface area contributed by atoms with Crippen molar-refractivity contribution in [2.75, 3.05) is 0 Å². The van der Waals surface area contributed by atoms with Crippen molar-refractivity contribution < 1.29 is 9.53 Å². The van der Waals surface area contributed by atoms with Gasteiger partial charge in [0.2, 0.25) is 5.91 Å². The molecule has 0 aromatic heterocycles. The van der Waals surface area contributed by atoms with Crippen molar-refractivity contribution in [1.29, 1.82) is 0 Å². The van der Waals surface area contributed by atoms with Crippen LogP contribution in [-0.4, -0.2) is 35.1 Å². The summed E-state index contributed by atoms with van der Waals surface area (Å²) < 4.78 is 5.94. The van der Waals surface area contributed by atoms with Crippen molar-refractivity contribution in [3.63, 3.8) is 0 Å². The van der Waals surface area contributed by atoms with Gasteiger partial charge in [-0.2, -0.15) is 0 Å². The summed E-state index contributed by atoms with van der Waals surface area (Å²) in [6.45, 7) is 1.92. The Labute approximate surface area is 129 Å². The molecular formula is C16H19ClN2O2. The summed E-state index contributed by atoms with van der Waals surface area (Å²) >= 11 is 6.11. The lowest BCUT2D eigenvalue weighted by Crippen LogP contribution is -2.45. The highest BCUT2D eigenvalue weighted by molar-refractivity contribution is 6.30. The Morgan fingerprint density at radius 3 is 2.90 bits per heavy atom. The molecule has 5 heteroatoms. The molecule has 5 unspecified atom stereocenters. The number of nitrogens with zero attached hydrogens (tertiary/aromatic N) is 1. The van der Waals surface area contributed by atoms with Crippen molar-refractivity contribution >= 4 is 17.5 Å². The molecule has 21 heavy (non-hydrogen) atoms. The second-order valence-electron chi connectivity index (χ2n) is 6.27. The summed E-state index contributed by atoms with van der Waals surface area (Å²) in [4.78, 5) is 14.6. The molecule has 1 N–H and O–H groups in total. The molecule has 3 aliphatic rings. The first-order valence-corrected chi connectivity index (χ1v) is 8.00. The molecule has 1 aromatic carbocycles. The molecule has 4 rings (SSSR count). The molecule has 3 saturated heterocycles. The first-order valence-electron chi connectivity index (χ1n) is 7.62. The van der Waals surface area contributed by atoms with E-state index in [4.69, 9.17) is 16.3 Å². The maximum absolute atomic E-state index is 12.6. The van der Waals surface area contributed by atoms with Crippen LogP contribution in [0.4, 0.5) is 0 Å². The summed E-state index contributed by atoms with van der Waals surface area (Å²) in [6, 6.07) is 7.78. The van der Waals surface area contributed by atoms with Crippen LogP contribution in [0.3, 0.4) is 0 Å². The molecule has 0 radical (unpaired) electrons. The smallest absolute Gasteiger partial charge is 0.241 e. The van der Waals surface area contributed by atoms with Crippen molar-refractivity contribution in [2.45, 2.75) is 56.6 Å². The minimum atomic E-state index is -0.159. The Morgan fingerprint density at radius 2 is 2.24 bits per heavy atom. The van der Waals surface area contributed by atoms with E-state index in [-0.39, 0.29) is 30.3 Å². The monoisotopic (exact) mass is 306 g/mol. The van der Waals surface area contributed by atoms with E-state index >= 15 is 0 Å². The quantitative estimate of drug-likeness (QED) is 0.912. The zero-order chi connectivity index (χ0) is 14.6. The molecule has 3 fully saturated rings. The number of amides is 1. The van der Waals surface area contributed by atoms with Crippen molar-refractivity contribution in [3.8, 4) is 0 Å². The summed E-state index contributed by atoms with van der Waals surface area (Å²) in [5.41, 5.74) is 1.04. The first kappa shape index (κ1) is 13.6. The molecule has 3 aliphatic heterocycles. The van der Waals surface area contributed by atoms with Gasteiger partial charge in [0.1, 0.15) is 6.17 Å². The molecule has 1 aromatic rings. The van der Waals surface area contributed by atoms with Crippen LogP contribution in [0, 0.1) is 0 Å². The highest BCUT2D eigenvalue weighted by atomic mass is 35.5. The Morgan fingerprint density at radius 1 is 1.38 bits per heavy atom. The number of rotatable bonds is 2. The largest absolute Gasteiger partial charge is 0.373 e. The average Bonchev–Trinajstić information content (AvgIpc) is 3.15. The van der Waals surface area contributed by atoms with Gasteiger partial charge >= 0.3 is 0 Å². The van der Waals surface area contributed by atoms with E-state index in [2.05, 4.69) is 5.32 Å². The van der Waals surface area contributed by atoms with E-state index < -0.39 is 0 Å². The highest BCUT2D eigenvalue weighted by Gasteiger charge is 2.50. The van der Waals surface area contributed by atoms with E-state index in [0.29, 0.717) is 11.1 Å². The lowest BCUT2D eigenvalue weighted by molar-refractivity contribution is -0.133. The maximum Gasteiger partial charge on any atom is 0.241 e. The molecule has 2 bridgehead atoms. The number of nitrogens with one attached hydrogen (secondary N) is 1. The second kappa shape index (κ2) is 4.97. The Bertz CT molecular complexity index is 579. The standard InChI is InChI=1S/C16H19ClN2O2/c1-9-16(20)19(13-8-12-5-6-14(13)21-12)15(18-9)10-3-2-4-11(17)7-10/h2-4,7,9,12-15,18H,5-6,8H2,1H3. The number of carbonyl (C=O) groups is 1. The molecule has 112 valence electrons. The molecule has 0 saturated carbocycles. The van der Waals surface area contributed by atoms with Crippen LogP contribution in [-0.2, 0) is 9.53 Å². The van der Waals surface area contributed by atoms with Crippen LogP contribution in [0.25, 0.3) is 0 Å². The van der Waals surface area contributed by atoms with Gasteiger partial charge in [0.25, 0.3) is 0 Å². The minimum absolute atomic E-state index is 0.0980. The summed E-state index contributed by atoms with van der Waals surface area (Å²) in [5, 5.41) is 4.10. The van der Waals surface area contributed by atoms with Crippen LogP contribution in [0.5, 0.6) is 0 Å². The Hall–Kier alpha value is -1.10. The number of halogens is 1. The number of hydrogen-bond acceptors (Lipinski definition) is 3. The number of carbonyl (C=O) groups excluding carboxylic acids is 1. The Balaban J connectivity index is 1.67. The third-order valence-electron chi connectivity index (χ3n) is 4.91. The number of fused-ring (bicyclic) bond motifs is 2. The fraction of sp³-hybridized carbons (Fsp3) is 0.562. The minimum Gasteiger partial charge on any atom is -0.373 e. The van der Waals surface area contributed by atoms with Gasteiger partial charge in [0.15, 0.2) is 0 Å². The maximum atomic E-state index is 12.6. The molecule has 4 nitrogen and oxygen atoms in total. The first-order chi connectivity index (χ1) is 10.1. The van der Waals surface area contributed by atoms with Gasteiger partial charge in [-0.1, -0.05) is 23.7 Å². The molecule has 0 aliphatic carbocycles. The molecule has 5 atom stereocenters. The van der Waals surface area contributed by atoms with Gasteiger partial charge in [-0.3, -0.25) is 10.1 Å². The van der Waals surface area contributed by atoms with Crippen molar-refractivity contribution in [1.82, 2.24) is 10.2 Å². The van der Waals surface area contributed by atoms with E-state index in [1.165, 1.54) is 0 Å². The fourth-order valence-corrected chi connectivity index (χ4v) is 4.13. The lowest BCUT2D eigenvalue weighted by Gasteiger charge is -2.34. The Kier molecular flexibility index (Phi) is 3.21. The van der Waals surface area contributed by atoms with Crippen molar-refractivity contribution in [3.05, 3.63) is 34.9 Å². The summed E-state index contributed by atoms with van der Waals surface area (Å²) in [5.74, 6) is 0.168. The van der Waals surface area contributed by atoms with Gasteiger partial charge < -0.3 is 9.64 Å². The molecule has 1 amide bonds. The molecule has 0 spiro atoms. The topological polar surface area (TPSA) is 41.6 Å². The van der Waals surface area contributed by atoms with Gasteiger partial charge in [0.05, 0.1) is 24.3 Å². The predicted octanol–water partition coefficient (Wildman–Crippen LogP) is 2.48. The van der Waals surface area contributed by atoms with Crippen LogP contribution in [0.2, 0.25) is 5.02 Å². The van der Waals surface area contributed by atoms with Crippen molar-refractivity contribution in [2.24, 2.45) is 0 Å². The summed E-state index contributed by atoms with van der Waals surface area (Å²) in [6.07, 6.45) is 3.60. The van der Waals surface area contributed by atoms with Gasteiger partial charge in [-0.25, -0.2) is 0 Å². The van der Waals surface area contributed by atoms with E-state index in [1.54, 1.807) is 0 Å². The fourth-order valence-electron chi connectivity index (χ4n) is 3.93. The van der Waals surface area contributed by atoms with Crippen LogP contribution < -0.4 is 5.32 Å².